The van der Waals surface area contributed by atoms with Gasteiger partial charge in [-0.2, -0.15) is 0 Å². The Morgan fingerprint density at radius 2 is 2.33 bits per heavy atom. The zero-order valence-electron chi connectivity index (χ0n) is 13.1. The van der Waals surface area contributed by atoms with Gasteiger partial charge >= 0.3 is 6.03 Å². The van der Waals surface area contributed by atoms with Crippen molar-refractivity contribution in [2.45, 2.75) is 58.6 Å². The molecular formula is C16H26N2O3. The van der Waals surface area contributed by atoms with Crippen LogP contribution in [0.1, 0.15) is 57.4 Å². The van der Waals surface area contributed by atoms with Gasteiger partial charge in [0.1, 0.15) is 5.76 Å². The maximum absolute atomic E-state index is 12.1. The monoisotopic (exact) mass is 294 g/mol. The molecule has 1 aromatic heterocycles. The van der Waals surface area contributed by atoms with Gasteiger partial charge in [0.2, 0.25) is 0 Å². The first-order valence-electron chi connectivity index (χ1n) is 7.66. The number of urea groups is 1. The molecule has 1 heterocycles. The highest BCUT2D eigenvalue weighted by atomic mass is 16.3. The van der Waals surface area contributed by atoms with E-state index in [2.05, 4.69) is 10.6 Å². The van der Waals surface area contributed by atoms with Gasteiger partial charge in [-0.05, 0) is 37.7 Å². The third-order valence-corrected chi connectivity index (χ3v) is 3.93. The fourth-order valence-electron chi connectivity index (χ4n) is 3.04. The Kier molecular flexibility index (Phi) is 4.93. The fraction of sp³-hybridized carbons (Fsp3) is 0.688. The van der Waals surface area contributed by atoms with Gasteiger partial charge in [0, 0.05) is 18.5 Å². The minimum absolute atomic E-state index is 0.0346. The number of nitrogens with one attached hydrogen (secondary N) is 2. The summed E-state index contributed by atoms with van der Waals surface area (Å²) >= 11 is 0. The van der Waals surface area contributed by atoms with Crippen molar-refractivity contribution in [3.63, 3.8) is 0 Å². The van der Waals surface area contributed by atoms with Crippen molar-refractivity contribution in [1.29, 1.82) is 0 Å². The van der Waals surface area contributed by atoms with Crippen LogP contribution in [0, 0.1) is 5.41 Å². The van der Waals surface area contributed by atoms with E-state index in [0.29, 0.717) is 13.0 Å². The first kappa shape index (κ1) is 15.9. The van der Waals surface area contributed by atoms with Crippen LogP contribution in [0.15, 0.2) is 16.7 Å². The van der Waals surface area contributed by atoms with Crippen LogP contribution >= 0.6 is 0 Å². The average molecular weight is 294 g/mol. The van der Waals surface area contributed by atoms with E-state index in [1.165, 1.54) is 0 Å². The van der Waals surface area contributed by atoms with Gasteiger partial charge < -0.3 is 20.2 Å². The van der Waals surface area contributed by atoms with Gasteiger partial charge in [0.15, 0.2) is 0 Å². The molecule has 0 saturated carbocycles. The molecule has 2 rings (SSSR count). The van der Waals surface area contributed by atoms with Gasteiger partial charge in [-0.25, -0.2) is 4.79 Å². The lowest BCUT2D eigenvalue weighted by Gasteiger charge is -2.28. The lowest BCUT2D eigenvalue weighted by Crippen LogP contribution is -2.43. The number of rotatable bonds is 5. The van der Waals surface area contributed by atoms with Crippen LogP contribution in [0.25, 0.3) is 0 Å². The van der Waals surface area contributed by atoms with Crippen LogP contribution in [0.3, 0.4) is 0 Å². The van der Waals surface area contributed by atoms with Gasteiger partial charge in [-0.3, -0.25) is 0 Å². The van der Waals surface area contributed by atoms with Crippen molar-refractivity contribution in [2.75, 3.05) is 6.54 Å². The molecule has 1 aliphatic rings. The number of carbonyl (C=O) groups excluding carboxylic acids is 1. The van der Waals surface area contributed by atoms with Crippen LogP contribution in [0.2, 0.25) is 0 Å². The van der Waals surface area contributed by atoms with Crippen LogP contribution in [-0.2, 0) is 6.42 Å². The molecule has 0 fully saturated rings. The number of furan rings is 1. The zero-order chi connectivity index (χ0) is 15.5. The predicted octanol–water partition coefficient (Wildman–Crippen LogP) is 2.75. The molecule has 2 unspecified atom stereocenters. The Bertz CT molecular complexity index is 480. The summed E-state index contributed by atoms with van der Waals surface area (Å²) in [6.45, 7) is 6.38. The van der Waals surface area contributed by atoms with Crippen LogP contribution in [0.4, 0.5) is 4.79 Å². The normalized spacial score (nSPS) is 19.7. The standard InChI is InChI=1S/C16H26N2O3/c1-11(19)9-16(2,3)10-17-15(20)18-13-5-4-6-14-12(13)7-8-21-14/h7-8,11,13,19H,4-6,9-10H2,1-3H3,(H2,17,18,20). The van der Waals surface area contributed by atoms with Crippen molar-refractivity contribution >= 4 is 6.03 Å². The first-order valence-corrected chi connectivity index (χ1v) is 7.66. The predicted molar refractivity (Wildman–Crippen MR) is 81.0 cm³/mol. The molecule has 0 bridgehead atoms. The van der Waals surface area contributed by atoms with E-state index in [1.54, 1.807) is 13.2 Å². The minimum atomic E-state index is -0.364. The molecule has 0 aliphatic heterocycles. The SMILES string of the molecule is CC(O)CC(C)(C)CNC(=O)NC1CCCc2occc21. The van der Waals surface area contributed by atoms with Crippen LogP contribution in [-0.4, -0.2) is 23.8 Å². The molecule has 2 amide bonds. The van der Waals surface area contributed by atoms with E-state index in [9.17, 15) is 9.90 Å². The second-order valence-electron chi connectivity index (χ2n) is 6.79. The highest BCUT2D eigenvalue weighted by molar-refractivity contribution is 5.74. The molecule has 1 aliphatic carbocycles. The lowest BCUT2D eigenvalue weighted by molar-refractivity contribution is 0.128. The quantitative estimate of drug-likeness (QED) is 0.781. The van der Waals surface area contributed by atoms with E-state index in [1.807, 2.05) is 19.9 Å². The van der Waals surface area contributed by atoms with E-state index < -0.39 is 0 Å². The Labute approximate surface area is 126 Å². The number of aryl methyl sites for hydroxylation is 1. The zero-order valence-corrected chi connectivity index (χ0v) is 13.1. The van der Waals surface area contributed by atoms with Gasteiger partial charge in [-0.15, -0.1) is 0 Å². The van der Waals surface area contributed by atoms with Gasteiger partial charge in [0.05, 0.1) is 18.4 Å². The Balaban J connectivity index is 1.84. The summed E-state index contributed by atoms with van der Waals surface area (Å²) in [7, 11) is 0. The van der Waals surface area contributed by atoms with Crippen molar-refractivity contribution in [2.24, 2.45) is 5.41 Å². The Morgan fingerprint density at radius 1 is 1.57 bits per heavy atom. The molecule has 1 aromatic rings. The van der Waals surface area contributed by atoms with E-state index in [4.69, 9.17) is 4.42 Å². The molecule has 5 heteroatoms. The number of aliphatic hydroxyl groups is 1. The number of carbonyl (C=O) groups is 1. The van der Waals surface area contributed by atoms with Gasteiger partial charge in [0.25, 0.3) is 0 Å². The molecule has 0 aromatic carbocycles. The molecule has 118 valence electrons. The Morgan fingerprint density at radius 3 is 3.05 bits per heavy atom. The van der Waals surface area contributed by atoms with Crippen molar-refractivity contribution in [3.05, 3.63) is 23.7 Å². The summed E-state index contributed by atoms with van der Waals surface area (Å²) in [4.78, 5) is 12.1. The molecule has 5 nitrogen and oxygen atoms in total. The molecule has 3 N–H and O–H groups in total. The average Bonchev–Trinajstić information content (AvgIpc) is 2.84. The maximum Gasteiger partial charge on any atom is 0.315 e. The second kappa shape index (κ2) is 6.52. The number of hydrogen-bond acceptors (Lipinski definition) is 3. The summed E-state index contributed by atoms with van der Waals surface area (Å²) in [5.41, 5.74) is 0.971. The number of hydrogen-bond donors (Lipinski definition) is 3. The number of aliphatic hydroxyl groups excluding tert-OH is 1. The Hall–Kier alpha value is -1.49. The molecule has 0 radical (unpaired) electrons. The molecule has 0 spiro atoms. The van der Waals surface area contributed by atoms with E-state index in [0.717, 1.165) is 30.6 Å². The third kappa shape index (κ3) is 4.49. The summed E-state index contributed by atoms with van der Waals surface area (Å²) in [6.07, 6.45) is 4.90. The fourth-order valence-corrected chi connectivity index (χ4v) is 3.04. The third-order valence-electron chi connectivity index (χ3n) is 3.93. The summed E-state index contributed by atoms with van der Waals surface area (Å²) in [5, 5.41) is 15.4. The molecular weight excluding hydrogens is 268 g/mol. The largest absolute Gasteiger partial charge is 0.469 e. The van der Waals surface area contributed by atoms with Gasteiger partial charge in [-0.1, -0.05) is 13.8 Å². The lowest BCUT2D eigenvalue weighted by atomic mass is 9.87. The van der Waals surface area contributed by atoms with E-state index >= 15 is 0 Å². The minimum Gasteiger partial charge on any atom is -0.469 e. The molecule has 21 heavy (non-hydrogen) atoms. The number of fused-ring (bicyclic) bond motifs is 1. The second-order valence-corrected chi connectivity index (χ2v) is 6.79. The topological polar surface area (TPSA) is 74.5 Å². The summed E-state index contributed by atoms with van der Waals surface area (Å²) < 4.78 is 5.43. The first-order chi connectivity index (χ1) is 9.87. The highest BCUT2D eigenvalue weighted by Gasteiger charge is 2.25. The van der Waals surface area contributed by atoms with Crippen LogP contribution < -0.4 is 10.6 Å². The van der Waals surface area contributed by atoms with Crippen LogP contribution in [0.5, 0.6) is 0 Å². The van der Waals surface area contributed by atoms with Crippen molar-refractivity contribution in [1.82, 2.24) is 10.6 Å². The maximum atomic E-state index is 12.1. The van der Waals surface area contributed by atoms with Crippen molar-refractivity contribution < 1.29 is 14.3 Å². The van der Waals surface area contributed by atoms with Crippen molar-refractivity contribution in [3.8, 4) is 0 Å². The number of amides is 2. The summed E-state index contributed by atoms with van der Waals surface area (Å²) in [5.74, 6) is 0.987. The highest BCUT2D eigenvalue weighted by Crippen LogP contribution is 2.30. The smallest absolute Gasteiger partial charge is 0.315 e. The van der Waals surface area contributed by atoms with E-state index in [-0.39, 0.29) is 23.6 Å². The molecule has 0 saturated heterocycles. The molecule has 2 atom stereocenters. The summed E-state index contributed by atoms with van der Waals surface area (Å²) in [6, 6.07) is 1.82.